The van der Waals surface area contributed by atoms with Crippen molar-refractivity contribution in [2.45, 2.75) is 31.6 Å². The third-order valence-corrected chi connectivity index (χ3v) is 4.57. The Morgan fingerprint density at radius 3 is 2.11 bits per heavy atom. The van der Waals surface area contributed by atoms with Gasteiger partial charge < -0.3 is 0 Å². The molecule has 0 bridgehead atoms. The monoisotopic (exact) mass is 283 g/mol. The van der Waals surface area contributed by atoms with E-state index in [-0.39, 0.29) is 10.7 Å². The highest BCUT2D eigenvalue weighted by atomic mass is 32.2. The molecule has 0 unspecified atom stereocenters. The highest BCUT2D eigenvalue weighted by Crippen LogP contribution is 2.15. The van der Waals surface area contributed by atoms with Gasteiger partial charge in [0.2, 0.25) is 10.0 Å². The highest BCUT2D eigenvalue weighted by molar-refractivity contribution is 7.89. The largest absolute Gasteiger partial charge is 0.299 e. The second-order valence-electron chi connectivity index (χ2n) is 5.24. The molecule has 1 aromatic rings. The normalized spacial score (nSPS) is 12.1. The maximum Gasteiger partial charge on any atom is 0.242 e. The van der Waals surface area contributed by atoms with Crippen molar-refractivity contribution in [3.05, 3.63) is 29.8 Å². The Kier molecular flexibility index (Phi) is 5.26. The van der Waals surface area contributed by atoms with Crippen LogP contribution in [-0.4, -0.2) is 32.6 Å². The van der Waals surface area contributed by atoms with Gasteiger partial charge in [-0.2, -0.15) is 0 Å². The lowest BCUT2D eigenvalue weighted by molar-refractivity contribution is -0.119. The zero-order valence-corrected chi connectivity index (χ0v) is 12.7. The van der Waals surface area contributed by atoms with Gasteiger partial charge in [-0.25, -0.2) is 12.7 Å². The number of benzene rings is 1. The highest BCUT2D eigenvalue weighted by Gasteiger charge is 2.16. The zero-order chi connectivity index (χ0) is 14.6. The van der Waals surface area contributed by atoms with E-state index >= 15 is 0 Å². The fourth-order valence-electron chi connectivity index (χ4n) is 1.75. The van der Waals surface area contributed by atoms with Crippen molar-refractivity contribution in [1.82, 2.24) is 4.31 Å². The van der Waals surface area contributed by atoms with Crippen LogP contribution in [0.15, 0.2) is 29.2 Å². The van der Waals surface area contributed by atoms with Crippen molar-refractivity contribution in [3.63, 3.8) is 0 Å². The average molecular weight is 283 g/mol. The van der Waals surface area contributed by atoms with E-state index in [2.05, 4.69) is 0 Å². The topological polar surface area (TPSA) is 54.5 Å². The van der Waals surface area contributed by atoms with Crippen molar-refractivity contribution >= 4 is 15.8 Å². The van der Waals surface area contributed by atoms with Gasteiger partial charge in [-0.3, -0.25) is 4.79 Å². The van der Waals surface area contributed by atoms with E-state index in [9.17, 15) is 13.2 Å². The summed E-state index contributed by atoms with van der Waals surface area (Å²) in [5.41, 5.74) is 0.850. The molecule has 0 atom stereocenters. The van der Waals surface area contributed by atoms with Gasteiger partial charge in [0.25, 0.3) is 0 Å². The molecule has 0 saturated carbocycles. The van der Waals surface area contributed by atoms with E-state index in [1.54, 1.807) is 24.3 Å². The van der Waals surface area contributed by atoms with Crippen LogP contribution in [0.5, 0.6) is 0 Å². The van der Waals surface area contributed by atoms with E-state index in [1.165, 1.54) is 18.4 Å². The minimum Gasteiger partial charge on any atom is -0.299 e. The van der Waals surface area contributed by atoms with E-state index in [0.29, 0.717) is 18.8 Å². The lowest BCUT2D eigenvalue weighted by Gasteiger charge is -2.11. The van der Waals surface area contributed by atoms with Gasteiger partial charge in [0.1, 0.15) is 5.78 Å². The summed E-state index contributed by atoms with van der Waals surface area (Å²) in [5.74, 6) is 0.527. The Bertz CT molecular complexity index is 530. The Labute approximate surface area is 115 Å². The number of sulfonamides is 1. The van der Waals surface area contributed by atoms with E-state index < -0.39 is 10.0 Å². The molecule has 5 heteroatoms. The quantitative estimate of drug-likeness (QED) is 0.803. The molecule has 1 aromatic carbocycles. The number of Topliss-reactive ketones (excluding diaryl/α,β-unsaturated/α-hetero) is 1. The van der Waals surface area contributed by atoms with Crippen molar-refractivity contribution in [2.24, 2.45) is 5.92 Å². The Hall–Kier alpha value is -1.20. The molecule has 0 spiro atoms. The predicted molar refractivity (Wildman–Crippen MR) is 75.5 cm³/mol. The third-order valence-electron chi connectivity index (χ3n) is 2.74. The fourth-order valence-corrected chi connectivity index (χ4v) is 2.65. The molecule has 0 aliphatic heterocycles. The summed E-state index contributed by atoms with van der Waals surface area (Å²) in [6.45, 7) is 4.01. The van der Waals surface area contributed by atoms with Crippen molar-refractivity contribution in [2.75, 3.05) is 14.1 Å². The summed E-state index contributed by atoms with van der Waals surface area (Å²) in [6.07, 6.45) is 0.915. The number of carbonyl (C=O) groups excluding carboxylic acids is 1. The van der Waals surface area contributed by atoms with Gasteiger partial charge in [-0.1, -0.05) is 26.0 Å². The minimum atomic E-state index is -3.39. The number of ketones is 1. The molecule has 0 fully saturated rings. The first-order valence-electron chi connectivity index (χ1n) is 6.26. The molecule has 0 N–H and O–H groups in total. The summed E-state index contributed by atoms with van der Waals surface area (Å²) in [6, 6.07) is 6.50. The molecule has 0 heterocycles. The summed E-state index contributed by atoms with van der Waals surface area (Å²) >= 11 is 0. The van der Waals surface area contributed by atoms with E-state index in [0.717, 1.165) is 5.56 Å². The maximum absolute atomic E-state index is 11.9. The first-order chi connectivity index (χ1) is 8.73. The van der Waals surface area contributed by atoms with Crippen LogP contribution < -0.4 is 0 Å². The fraction of sp³-hybridized carbons (Fsp3) is 0.500. The smallest absolute Gasteiger partial charge is 0.242 e. The number of hydrogen-bond donors (Lipinski definition) is 0. The first-order valence-corrected chi connectivity index (χ1v) is 7.70. The summed E-state index contributed by atoms with van der Waals surface area (Å²) in [7, 11) is -0.402. The van der Waals surface area contributed by atoms with Crippen molar-refractivity contribution < 1.29 is 13.2 Å². The van der Waals surface area contributed by atoms with Crippen LogP contribution in [0, 0.1) is 5.92 Å². The van der Waals surface area contributed by atoms with Crippen LogP contribution in [0.2, 0.25) is 0 Å². The summed E-state index contributed by atoms with van der Waals surface area (Å²) in [5, 5.41) is 0. The van der Waals surface area contributed by atoms with Crippen molar-refractivity contribution in [1.29, 1.82) is 0 Å². The number of carbonyl (C=O) groups is 1. The molecule has 0 amide bonds. The Morgan fingerprint density at radius 2 is 1.68 bits per heavy atom. The van der Waals surface area contributed by atoms with E-state index in [1.807, 2.05) is 13.8 Å². The maximum atomic E-state index is 11.9. The molecule has 0 aliphatic carbocycles. The lowest BCUT2D eigenvalue weighted by Crippen LogP contribution is -2.22. The van der Waals surface area contributed by atoms with Crippen molar-refractivity contribution in [3.8, 4) is 0 Å². The van der Waals surface area contributed by atoms with Gasteiger partial charge in [0.15, 0.2) is 0 Å². The molecular weight excluding hydrogens is 262 g/mol. The standard InChI is InChI=1S/C14H21NO3S/c1-11(2)9-13(16)10-12-5-7-14(8-6-12)19(17,18)15(3)4/h5-8,11H,9-10H2,1-4H3. The average Bonchev–Trinajstić information content (AvgIpc) is 2.28. The SMILES string of the molecule is CC(C)CC(=O)Cc1ccc(S(=O)(=O)N(C)C)cc1. The molecule has 106 valence electrons. The molecular formula is C14H21NO3S. The molecule has 19 heavy (non-hydrogen) atoms. The minimum absolute atomic E-state index is 0.179. The van der Waals surface area contributed by atoms with Gasteiger partial charge in [-0.15, -0.1) is 0 Å². The van der Waals surface area contributed by atoms with Gasteiger partial charge in [0.05, 0.1) is 4.90 Å². The van der Waals surface area contributed by atoms with Crippen LogP contribution in [0.1, 0.15) is 25.8 Å². The van der Waals surface area contributed by atoms with Gasteiger partial charge in [0, 0.05) is 26.9 Å². The van der Waals surface area contributed by atoms with Crippen LogP contribution in [0.3, 0.4) is 0 Å². The summed E-state index contributed by atoms with van der Waals surface area (Å²) < 4.78 is 24.9. The number of rotatable bonds is 6. The van der Waals surface area contributed by atoms with Gasteiger partial charge >= 0.3 is 0 Å². The van der Waals surface area contributed by atoms with Crippen LogP contribution >= 0.6 is 0 Å². The molecule has 0 aromatic heterocycles. The first kappa shape index (κ1) is 15.9. The van der Waals surface area contributed by atoms with Gasteiger partial charge in [-0.05, 0) is 23.6 Å². The second kappa shape index (κ2) is 6.30. The second-order valence-corrected chi connectivity index (χ2v) is 7.40. The lowest BCUT2D eigenvalue weighted by atomic mass is 10.0. The molecule has 0 saturated heterocycles. The van der Waals surface area contributed by atoms with E-state index in [4.69, 9.17) is 0 Å². The molecule has 4 nitrogen and oxygen atoms in total. The Balaban J connectivity index is 2.81. The van der Waals surface area contributed by atoms with Crippen LogP contribution in [0.25, 0.3) is 0 Å². The van der Waals surface area contributed by atoms with Crippen LogP contribution in [0.4, 0.5) is 0 Å². The predicted octanol–water partition coefficient (Wildman–Crippen LogP) is 2.09. The summed E-state index contributed by atoms with van der Waals surface area (Å²) in [4.78, 5) is 11.9. The number of hydrogen-bond acceptors (Lipinski definition) is 3. The third kappa shape index (κ3) is 4.44. The Morgan fingerprint density at radius 1 is 1.16 bits per heavy atom. The molecule has 0 radical (unpaired) electrons. The molecule has 1 rings (SSSR count). The zero-order valence-electron chi connectivity index (χ0n) is 11.9. The van der Waals surface area contributed by atoms with Crippen LogP contribution in [-0.2, 0) is 21.2 Å². The number of nitrogens with zero attached hydrogens (tertiary/aromatic N) is 1. The molecule has 0 aliphatic rings.